The third-order valence-corrected chi connectivity index (χ3v) is 0.469. The van der Waals surface area contributed by atoms with Gasteiger partial charge in [0, 0.05) is 12.4 Å². The molecule has 0 amide bonds. The number of rotatable bonds is 0. The summed E-state index contributed by atoms with van der Waals surface area (Å²) in [5.41, 5.74) is 0. The van der Waals surface area contributed by atoms with Gasteiger partial charge in [-0.05, 0) is 12.1 Å². The fourth-order valence-corrected chi connectivity index (χ4v) is 0.246. The zero-order valence-corrected chi connectivity index (χ0v) is 3.18. The minimum Gasteiger partial charge on any atom is -0.265 e. The Balaban J connectivity index is 3.13. The SMILES string of the molecule is [2H]c1cccnc1[2H]. The standard InChI is InChI=1S/C5H5N/c1-2-4-6-5-3-1/h1-5H/i2D,4D. The maximum absolute atomic E-state index is 6.97. The molecule has 0 atom stereocenters. The monoisotopic (exact) mass is 81.1 g/mol. The summed E-state index contributed by atoms with van der Waals surface area (Å²) in [6.45, 7) is 0. The van der Waals surface area contributed by atoms with Gasteiger partial charge < -0.3 is 0 Å². The lowest BCUT2D eigenvalue weighted by molar-refractivity contribution is 1.33. The molecule has 0 aliphatic carbocycles. The summed E-state index contributed by atoms with van der Waals surface area (Å²) in [6, 6.07) is 3.35. The molecule has 0 N–H and O–H groups in total. The highest BCUT2D eigenvalue weighted by atomic mass is 14.6. The Labute approximate surface area is 39.5 Å². The van der Waals surface area contributed by atoms with E-state index in [9.17, 15) is 0 Å². The van der Waals surface area contributed by atoms with Gasteiger partial charge >= 0.3 is 0 Å². The maximum Gasteiger partial charge on any atom is 0.0840 e. The molecule has 0 fully saturated rings. The summed E-state index contributed by atoms with van der Waals surface area (Å²) in [7, 11) is 0. The second-order valence-electron chi connectivity index (χ2n) is 0.893. The normalized spacial score (nSPS) is 12.7. The van der Waals surface area contributed by atoms with E-state index in [-0.39, 0.29) is 12.2 Å². The van der Waals surface area contributed by atoms with Crippen LogP contribution in [0.3, 0.4) is 0 Å². The van der Waals surface area contributed by atoms with Gasteiger partial charge in [0.1, 0.15) is 0 Å². The molecule has 0 unspecified atom stereocenters. The molecule has 0 saturated carbocycles. The van der Waals surface area contributed by atoms with Crippen LogP contribution in [0, 0.1) is 0 Å². The molecule has 0 aliphatic rings. The highest BCUT2D eigenvalue weighted by molar-refractivity contribution is 4.88. The first kappa shape index (κ1) is 1.73. The van der Waals surface area contributed by atoms with Crippen LogP contribution in [0.5, 0.6) is 0 Å². The number of aromatic nitrogens is 1. The second kappa shape index (κ2) is 1.55. The van der Waals surface area contributed by atoms with Crippen molar-refractivity contribution in [2.45, 2.75) is 0 Å². The average Bonchev–Trinajstić information content (AvgIpc) is 1.77. The Bertz CT molecular complexity index is 167. The number of hydrogen-bond acceptors (Lipinski definition) is 1. The minimum absolute atomic E-state index is 0.0347. The van der Waals surface area contributed by atoms with E-state index in [1.54, 1.807) is 6.07 Å². The summed E-state index contributed by atoms with van der Waals surface area (Å²) < 4.78 is 13.9. The molecule has 0 saturated heterocycles. The summed E-state index contributed by atoms with van der Waals surface area (Å²) in [5, 5.41) is 0. The molecular weight excluding hydrogens is 74.1 g/mol. The first-order chi connectivity index (χ1) is 3.80. The first-order valence-corrected chi connectivity index (χ1v) is 1.69. The van der Waals surface area contributed by atoms with Crippen molar-refractivity contribution < 1.29 is 2.74 Å². The summed E-state index contributed by atoms with van der Waals surface area (Å²) in [5.74, 6) is 0. The van der Waals surface area contributed by atoms with Crippen LogP contribution in [0.1, 0.15) is 2.74 Å². The van der Waals surface area contributed by atoms with E-state index in [4.69, 9.17) is 2.74 Å². The van der Waals surface area contributed by atoms with Crippen molar-refractivity contribution in [3.63, 3.8) is 0 Å². The van der Waals surface area contributed by atoms with Crippen LogP contribution < -0.4 is 0 Å². The predicted molar refractivity (Wildman–Crippen MR) is 24.2 cm³/mol. The van der Waals surface area contributed by atoms with E-state index in [0.717, 1.165) is 0 Å². The zero-order valence-electron chi connectivity index (χ0n) is 5.18. The topological polar surface area (TPSA) is 12.9 Å². The van der Waals surface area contributed by atoms with E-state index in [0.29, 0.717) is 0 Å². The van der Waals surface area contributed by atoms with Gasteiger partial charge in [0.2, 0.25) is 0 Å². The third-order valence-electron chi connectivity index (χ3n) is 0.469. The van der Waals surface area contributed by atoms with Gasteiger partial charge in [0.15, 0.2) is 0 Å². The smallest absolute Gasteiger partial charge is 0.0840 e. The molecule has 0 radical (unpaired) electrons. The molecule has 1 nitrogen and oxygen atoms in total. The van der Waals surface area contributed by atoms with Gasteiger partial charge in [-0.2, -0.15) is 0 Å². The van der Waals surface area contributed by atoms with E-state index in [1.807, 2.05) is 0 Å². The Morgan fingerprint density at radius 2 is 2.50 bits per heavy atom. The van der Waals surface area contributed by atoms with Crippen molar-refractivity contribution >= 4 is 0 Å². The summed E-state index contributed by atoms with van der Waals surface area (Å²) >= 11 is 0. The molecule has 0 aromatic carbocycles. The second-order valence-corrected chi connectivity index (χ2v) is 0.893. The van der Waals surface area contributed by atoms with Crippen LogP contribution >= 0.6 is 0 Å². The highest BCUT2D eigenvalue weighted by Gasteiger charge is 1.58. The predicted octanol–water partition coefficient (Wildman–Crippen LogP) is 1.08. The minimum atomic E-state index is 0.0347. The molecule has 1 aromatic rings. The molecule has 30 valence electrons. The van der Waals surface area contributed by atoms with Crippen LogP contribution in [-0.2, 0) is 0 Å². The lowest BCUT2D eigenvalue weighted by atomic mass is 10.5. The van der Waals surface area contributed by atoms with Crippen LogP contribution in [0.15, 0.2) is 30.5 Å². The quantitative estimate of drug-likeness (QED) is 0.455. The van der Waals surface area contributed by atoms with Crippen molar-refractivity contribution in [2.24, 2.45) is 0 Å². The van der Waals surface area contributed by atoms with E-state index in [2.05, 4.69) is 4.98 Å². The first-order valence-electron chi connectivity index (χ1n) is 2.69. The lowest BCUT2D eigenvalue weighted by Gasteiger charge is -1.70. The number of nitrogens with zero attached hydrogens (tertiary/aromatic N) is 1. The van der Waals surface area contributed by atoms with Crippen LogP contribution in [0.2, 0.25) is 0 Å². The van der Waals surface area contributed by atoms with Crippen LogP contribution in [0.25, 0.3) is 0 Å². The largest absolute Gasteiger partial charge is 0.265 e. The van der Waals surface area contributed by atoms with Crippen LogP contribution in [-0.4, -0.2) is 4.98 Å². The van der Waals surface area contributed by atoms with E-state index >= 15 is 0 Å². The average molecular weight is 81.1 g/mol. The van der Waals surface area contributed by atoms with Crippen molar-refractivity contribution in [3.05, 3.63) is 30.5 Å². The van der Waals surface area contributed by atoms with Crippen LogP contribution in [0.4, 0.5) is 0 Å². The van der Waals surface area contributed by atoms with Gasteiger partial charge in [-0.25, -0.2) is 0 Å². The maximum atomic E-state index is 6.97. The molecule has 1 rings (SSSR count). The molecule has 6 heavy (non-hydrogen) atoms. The molecule has 0 bridgehead atoms. The zero-order chi connectivity index (χ0) is 5.98. The Hall–Kier alpha value is -0.850. The molecule has 0 spiro atoms. The van der Waals surface area contributed by atoms with E-state index in [1.165, 1.54) is 12.3 Å². The Kier molecular flexibility index (Phi) is 0.449. The fraction of sp³-hybridized carbons (Fsp3) is 0. The lowest BCUT2D eigenvalue weighted by Crippen LogP contribution is -1.58. The van der Waals surface area contributed by atoms with Crippen molar-refractivity contribution in [1.82, 2.24) is 4.98 Å². The van der Waals surface area contributed by atoms with Gasteiger partial charge in [-0.15, -0.1) is 0 Å². The van der Waals surface area contributed by atoms with Gasteiger partial charge in [0.05, 0.1) is 2.74 Å². The van der Waals surface area contributed by atoms with Gasteiger partial charge in [-0.3, -0.25) is 4.98 Å². The molecular formula is C5H5N. The van der Waals surface area contributed by atoms with Crippen molar-refractivity contribution in [1.29, 1.82) is 0 Å². The fourth-order valence-electron chi connectivity index (χ4n) is 0.246. The molecule has 0 aliphatic heterocycles. The Morgan fingerprint density at radius 3 is 3.00 bits per heavy atom. The number of pyridine rings is 1. The number of hydrogen-bond donors (Lipinski definition) is 0. The van der Waals surface area contributed by atoms with Gasteiger partial charge in [-0.1, -0.05) is 6.07 Å². The summed E-state index contributed by atoms with van der Waals surface area (Å²) in [4.78, 5) is 3.56. The van der Waals surface area contributed by atoms with Crippen molar-refractivity contribution in [2.75, 3.05) is 0 Å². The van der Waals surface area contributed by atoms with Gasteiger partial charge in [0.25, 0.3) is 0 Å². The molecule has 1 heterocycles. The highest BCUT2D eigenvalue weighted by Crippen LogP contribution is 1.73. The molecule has 1 heteroatoms. The van der Waals surface area contributed by atoms with Crippen molar-refractivity contribution in [3.8, 4) is 0 Å². The summed E-state index contributed by atoms with van der Waals surface area (Å²) in [6.07, 6.45) is 1.54. The third kappa shape index (κ3) is 0.549. The molecule has 1 aromatic heterocycles. The van der Waals surface area contributed by atoms with E-state index < -0.39 is 0 Å². The Morgan fingerprint density at radius 1 is 1.50 bits per heavy atom.